The summed E-state index contributed by atoms with van der Waals surface area (Å²) >= 11 is 5.07. The number of hydrazine groups is 1. The van der Waals surface area contributed by atoms with E-state index >= 15 is 0 Å². The molecule has 0 radical (unpaired) electrons. The number of benzene rings is 1. The van der Waals surface area contributed by atoms with E-state index in [4.69, 9.17) is 12.2 Å². The highest BCUT2D eigenvalue weighted by molar-refractivity contribution is 7.80. The van der Waals surface area contributed by atoms with Crippen molar-refractivity contribution < 1.29 is 0 Å². The molecular weight excluding hydrogens is 194 g/mol. The van der Waals surface area contributed by atoms with E-state index in [1.54, 1.807) is 0 Å². The molecule has 0 amide bonds. The quantitative estimate of drug-likeness (QED) is 0.525. The molecule has 14 heavy (non-hydrogen) atoms. The Labute approximate surface area is 89.9 Å². The Morgan fingerprint density at radius 1 is 1.21 bits per heavy atom. The van der Waals surface area contributed by atoms with Gasteiger partial charge in [0.05, 0.1) is 0 Å². The topological polar surface area (TPSA) is 36.1 Å². The normalized spacial score (nSPS) is 9.93. The van der Waals surface area contributed by atoms with Gasteiger partial charge >= 0.3 is 0 Å². The molecule has 0 aliphatic carbocycles. The van der Waals surface area contributed by atoms with Gasteiger partial charge in [0.2, 0.25) is 0 Å². The van der Waals surface area contributed by atoms with E-state index in [0.29, 0.717) is 11.2 Å². The largest absolute Gasteiger partial charge is 0.332 e. The fourth-order valence-electron chi connectivity index (χ4n) is 0.894. The van der Waals surface area contributed by atoms with Crippen LogP contribution in [0.3, 0.4) is 0 Å². The SMILES string of the molecule is CC(C)NNC(=S)Nc1ccccc1. The van der Waals surface area contributed by atoms with Crippen LogP contribution in [-0.2, 0) is 0 Å². The van der Waals surface area contributed by atoms with Gasteiger partial charge in [-0.2, -0.15) is 0 Å². The lowest BCUT2D eigenvalue weighted by atomic mass is 10.3. The van der Waals surface area contributed by atoms with E-state index in [-0.39, 0.29) is 0 Å². The van der Waals surface area contributed by atoms with Crippen LogP contribution in [-0.4, -0.2) is 11.2 Å². The maximum Gasteiger partial charge on any atom is 0.185 e. The molecule has 0 spiro atoms. The molecule has 1 rings (SSSR count). The van der Waals surface area contributed by atoms with E-state index in [1.807, 2.05) is 44.2 Å². The van der Waals surface area contributed by atoms with Crippen LogP contribution >= 0.6 is 12.2 Å². The molecule has 1 aromatic carbocycles. The molecule has 0 aromatic heterocycles. The van der Waals surface area contributed by atoms with Crippen molar-refractivity contribution in [1.82, 2.24) is 10.9 Å². The molecule has 4 heteroatoms. The molecule has 3 N–H and O–H groups in total. The van der Waals surface area contributed by atoms with Crippen LogP contribution in [0.5, 0.6) is 0 Å². The summed E-state index contributed by atoms with van der Waals surface area (Å²) in [6.07, 6.45) is 0. The Balaban J connectivity index is 2.35. The van der Waals surface area contributed by atoms with Gasteiger partial charge in [0.1, 0.15) is 0 Å². The maximum absolute atomic E-state index is 5.07. The number of nitrogens with one attached hydrogen (secondary N) is 3. The highest BCUT2D eigenvalue weighted by Crippen LogP contribution is 2.03. The van der Waals surface area contributed by atoms with Crippen LogP contribution in [0, 0.1) is 0 Å². The summed E-state index contributed by atoms with van der Waals surface area (Å²) in [5.41, 5.74) is 6.89. The van der Waals surface area contributed by atoms with Crippen LogP contribution in [0.1, 0.15) is 13.8 Å². The zero-order chi connectivity index (χ0) is 10.4. The van der Waals surface area contributed by atoms with Crippen molar-refractivity contribution in [1.29, 1.82) is 0 Å². The zero-order valence-corrected chi connectivity index (χ0v) is 9.19. The van der Waals surface area contributed by atoms with Crippen molar-refractivity contribution in [2.45, 2.75) is 19.9 Å². The summed E-state index contributed by atoms with van der Waals surface area (Å²) in [6, 6.07) is 10.2. The summed E-state index contributed by atoms with van der Waals surface area (Å²) in [7, 11) is 0. The van der Waals surface area contributed by atoms with Gasteiger partial charge in [0.15, 0.2) is 5.11 Å². The maximum atomic E-state index is 5.07. The molecule has 1 aromatic rings. The smallest absolute Gasteiger partial charge is 0.185 e. The number of hydrogen-bond donors (Lipinski definition) is 3. The fourth-order valence-corrected chi connectivity index (χ4v) is 1.07. The number of hydrogen-bond acceptors (Lipinski definition) is 2. The molecular formula is C10H15N3S. The van der Waals surface area contributed by atoms with E-state index in [0.717, 1.165) is 5.69 Å². The zero-order valence-electron chi connectivity index (χ0n) is 8.37. The standard InChI is InChI=1S/C10H15N3S/c1-8(2)12-13-10(14)11-9-6-4-3-5-7-9/h3-8,12H,1-2H3,(H2,11,13,14). The molecule has 0 saturated carbocycles. The van der Waals surface area contributed by atoms with Crippen molar-refractivity contribution >= 4 is 23.0 Å². The third-order valence-corrected chi connectivity index (χ3v) is 1.71. The summed E-state index contributed by atoms with van der Waals surface area (Å²) < 4.78 is 0. The lowest BCUT2D eigenvalue weighted by molar-refractivity contribution is 0.561. The van der Waals surface area contributed by atoms with Gasteiger partial charge in [0.25, 0.3) is 0 Å². The molecule has 0 saturated heterocycles. The lowest BCUT2D eigenvalue weighted by Crippen LogP contribution is -2.43. The minimum absolute atomic E-state index is 0.352. The van der Waals surface area contributed by atoms with Crippen LogP contribution in [0.4, 0.5) is 5.69 Å². The first-order valence-electron chi connectivity index (χ1n) is 4.56. The third-order valence-electron chi connectivity index (χ3n) is 1.51. The van der Waals surface area contributed by atoms with E-state index in [2.05, 4.69) is 16.2 Å². The number of anilines is 1. The number of thiocarbonyl (C=S) groups is 1. The fraction of sp³-hybridized carbons (Fsp3) is 0.300. The Morgan fingerprint density at radius 2 is 1.86 bits per heavy atom. The van der Waals surface area contributed by atoms with Crippen molar-refractivity contribution in [3.63, 3.8) is 0 Å². The Kier molecular flexibility index (Phi) is 4.35. The highest BCUT2D eigenvalue weighted by atomic mass is 32.1. The van der Waals surface area contributed by atoms with Crippen LogP contribution in [0.15, 0.2) is 30.3 Å². The van der Waals surface area contributed by atoms with Crippen LogP contribution in [0.25, 0.3) is 0 Å². The van der Waals surface area contributed by atoms with Gasteiger partial charge in [-0.05, 0) is 38.2 Å². The first-order valence-corrected chi connectivity index (χ1v) is 4.97. The average Bonchev–Trinajstić information content (AvgIpc) is 2.16. The van der Waals surface area contributed by atoms with Gasteiger partial charge in [0, 0.05) is 11.7 Å². The first kappa shape index (κ1) is 10.9. The Bertz CT molecular complexity index is 285. The second-order valence-electron chi connectivity index (χ2n) is 3.24. The molecule has 0 fully saturated rings. The summed E-state index contributed by atoms with van der Waals surface area (Å²) in [4.78, 5) is 0. The molecule has 0 aliphatic rings. The van der Waals surface area contributed by atoms with Crippen molar-refractivity contribution in [2.75, 3.05) is 5.32 Å². The molecule has 0 atom stereocenters. The van der Waals surface area contributed by atoms with Gasteiger partial charge in [-0.3, -0.25) is 5.43 Å². The average molecular weight is 209 g/mol. The van der Waals surface area contributed by atoms with Gasteiger partial charge < -0.3 is 5.32 Å². The minimum Gasteiger partial charge on any atom is -0.332 e. The monoisotopic (exact) mass is 209 g/mol. The van der Waals surface area contributed by atoms with Gasteiger partial charge in [-0.15, -0.1) is 0 Å². The summed E-state index contributed by atoms with van der Waals surface area (Å²) in [5.74, 6) is 0. The molecule has 76 valence electrons. The number of para-hydroxylation sites is 1. The second kappa shape index (κ2) is 5.57. The van der Waals surface area contributed by atoms with Gasteiger partial charge in [-0.25, -0.2) is 5.43 Å². The third kappa shape index (κ3) is 4.20. The van der Waals surface area contributed by atoms with E-state index in [1.165, 1.54) is 0 Å². The predicted molar refractivity (Wildman–Crippen MR) is 64.1 cm³/mol. The Morgan fingerprint density at radius 3 is 2.43 bits per heavy atom. The molecule has 0 aliphatic heterocycles. The predicted octanol–water partition coefficient (Wildman–Crippen LogP) is 1.89. The molecule has 3 nitrogen and oxygen atoms in total. The van der Waals surface area contributed by atoms with Crippen molar-refractivity contribution in [3.05, 3.63) is 30.3 Å². The van der Waals surface area contributed by atoms with Gasteiger partial charge in [-0.1, -0.05) is 18.2 Å². The molecule has 0 unspecified atom stereocenters. The first-order chi connectivity index (χ1) is 6.68. The van der Waals surface area contributed by atoms with Crippen LogP contribution in [0.2, 0.25) is 0 Å². The molecule has 0 heterocycles. The van der Waals surface area contributed by atoms with E-state index < -0.39 is 0 Å². The lowest BCUT2D eigenvalue weighted by Gasteiger charge is -2.13. The highest BCUT2D eigenvalue weighted by Gasteiger charge is 1.96. The Hall–Kier alpha value is -1.13. The van der Waals surface area contributed by atoms with Crippen molar-refractivity contribution in [3.8, 4) is 0 Å². The van der Waals surface area contributed by atoms with Crippen LogP contribution < -0.4 is 16.2 Å². The number of rotatable bonds is 3. The van der Waals surface area contributed by atoms with Crippen molar-refractivity contribution in [2.24, 2.45) is 0 Å². The minimum atomic E-state index is 0.352. The summed E-state index contributed by atoms with van der Waals surface area (Å²) in [5, 5.41) is 3.63. The van der Waals surface area contributed by atoms with E-state index in [9.17, 15) is 0 Å². The summed E-state index contributed by atoms with van der Waals surface area (Å²) in [6.45, 7) is 4.08. The molecule has 0 bridgehead atoms. The second-order valence-corrected chi connectivity index (χ2v) is 3.65.